The van der Waals surface area contributed by atoms with Crippen molar-refractivity contribution >= 4 is 29.4 Å². The summed E-state index contributed by atoms with van der Waals surface area (Å²) in [6.07, 6.45) is 1.57. The maximum atomic E-state index is 11.4. The van der Waals surface area contributed by atoms with Crippen LogP contribution in [0, 0.1) is 0 Å². The average molecular weight is 268 g/mol. The predicted molar refractivity (Wildman–Crippen MR) is 66.8 cm³/mol. The van der Waals surface area contributed by atoms with Crippen molar-refractivity contribution in [2.24, 2.45) is 5.16 Å². The van der Waals surface area contributed by atoms with Crippen LogP contribution in [-0.4, -0.2) is 23.9 Å². The van der Waals surface area contributed by atoms with E-state index in [9.17, 15) is 9.90 Å². The molecule has 1 aromatic carbocycles. The molecule has 0 aromatic heterocycles. The molecule has 0 spiro atoms. The highest BCUT2D eigenvalue weighted by molar-refractivity contribution is 6.32. The maximum Gasteiger partial charge on any atom is 0.367 e. The van der Waals surface area contributed by atoms with Crippen LogP contribution in [0.1, 0.15) is 12.5 Å². The molecule has 0 radical (unpaired) electrons. The summed E-state index contributed by atoms with van der Waals surface area (Å²) in [5, 5.41) is 13.3. The number of nitrogens with zero attached hydrogens (tertiary/aromatic N) is 1. The molecule has 0 aliphatic carbocycles. The number of carbonyl (C=O) groups excluding carboxylic acids is 1. The largest absolute Gasteiger partial charge is 0.503 e. The Labute approximate surface area is 108 Å². The third kappa shape index (κ3) is 2.17. The molecule has 2 rings (SSSR count). The van der Waals surface area contributed by atoms with Gasteiger partial charge in [0, 0.05) is 0 Å². The monoisotopic (exact) mass is 267 g/mol. The molecular weight excluding hydrogens is 258 g/mol. The summed E-state index contributed by atoms with van der Waals surface area (Å²) in [7, 11) is 1.42. The second kappa shape index (κ2) is 4.70. The van der Waals surface area contributed by atoms with Crippen LogP contribution in [0.15, 0.2) is 22.9 Å². The standard InChI is InChI=1S/C12H10ClNO4/c1-6-8(12(16)18-14-6)3-7-4-9(13)11(15)10(5-7)17-2/h3-5,15H,1-2H3/b8-3+. The Morgan fingerprint density at radius 3 is 2.78 bits per heavy atom. The Kier molecular flexibility index (Phi) is 3.25. The lowest BCUT2D eigenvalue weighted by molar-refractivity contribution is -0.136. The summed E-state index contributed by atoms with van der Waals surface area (Å²) in [6.45, 7) is 1.66. The number of benzene rings is 1. The Bertz CT molecular complexity index is 578. The van der Waals surface area contributed by atoms with Gasteiger partial charge in [-0.25, -0.2) is 4.79 Å². The SMILES string of the molecule is COc1cc(/C=C2/C(=O)ON=C2C)cc(Cl)c1O. The second-order valence-electron chi connectivity index (χ2n) is 3.67. The zero-order valence-electron chi connectivity index (χ0n) is 9.73. The van der Waals surface area contributed by atoms with E-state index in [-0.39, 0.29) is 16.5 Å². The smallest absolute Gasteiger partial charge is 0.367 e. The zero-order valence-corrected chi connectivity index (χ0v) is 10.5. The highest BCUT2D eigenvalue weighted by Gasteiger charge is 2.22. The quantitative estimate of drug-likeness (QED) is 0.660. The van der Waals surface area contributed by atoms with Crippen molar-refractivity contribution in [1.29, 1.82) is 0 Å². The molecule has 1 aliphatic rings. The molecule has 1 aromatic rings. The summed E-state index contributed by atoms with van der Waals surface area (Å²) in [6, 6.07) is 3.08. The summed E-state index contributed by atoms with van der Waals surface area (Å²) < 4.78 is 4.97. The summed E-state index contributed by atoms with van der Waals surface area (Å²) in [4.78, 5) is 15.9. The first-order chi connectivity index (χ1) is 8.52. The Morgan fingerprint density at radius 1 is 1.50 bits per heavy atom. The van der Waals surface area contributed by atoms with Crippen molar-refractivity contribution in [3.05, 3.63) is 28.3 Å². The fourth-order valence-corrected chi connectivity index (χ4v) is 1.74. The molecule has 0 bridgehead atoms. The summed E-state index contributed by atoms with van der Waals surface area (Å²) in [5.41, 5.74) is 1.44. The first-order valence-corrected chi connectivity index (χ1v) is 5.45. The number of aromatic hydroxyl groups is 1. The summed E-state index contributed by atoms with van der Waals surface area (Å²) in [5.74, 6) is -0.424. The van der Waals surface area contributed by atoms with Gasteiger partial charge in [-0.2, -0.15) is 0 Å². The molecule has 1 aliphatic heterocycles. The number of phenols is 1. The molecule has 5 nitrogen and oxygen atoms in total. The predicted octanol–water partition coefficient (Wildman–Crippen LogP) is 2.37. The zero-order chi connectivity index (χ0) is 13.3. The second-order valence-corrected chi connectivity index (χ2v) is 4.07. The van der Waals surface area contributed by atoms with E-state index in [1.54, 1.807) is 19.1 Å². The number of phenolic OH excluding ortho intramolecular Hbond substituents is 1. The Morgan fingerprint density at radius 2 is 2.22 bits per heavy atom. The van der Waals surface area contributed by atoms with Crippen molar-refractivity contribution < 1.29 is 19.5 Å². The van der Waals surface area contributed by atoms with Gasteiger partial charge in [-0.3, -0.25) is 0 Å². The minimum absolute atomic E-state index is 0.138. The van der Waals surface area contributed by atoms with E-state index in [2.05, 4.69) is 9.99 Å². The lowest BCUT2D eigenvalue weighted by Crippen LogP contribution is -2.01. The van der Waals surface area contributed by atoms with E-state index in [0.29, 0.717) is 16.8 Å². The molecule has 94 valence electrons. The number of hydrogen-bond acceptors (Lipinski definition) is 5. The van der Waals surface area contributed by atoms with Crippen LogP contribution in [0.3, 0.4) is 0 Å². The molecule has 0 unspecified atom stereocenters. The topological polar surface area (TPSA) is 68.1 Å². The van der Waals surface area contributed by atoms with Gasteiger partial charge in [-0.1, -0.05) is 16.8 Å². The van der Waals surface area contributed by atoms with E-state index in [1.807, 2.05) is 0 Å². The highest BCUT2D eigenvalue weighted by Crippen LogP contribution is 2.35. The Hall–Kier alpha value is -2.01. The normalized spacial score (nSPS) is 16.7. The highest BCUT2D eigenvalue weighted by atomic mass is 35.5. The minimum Gasteiger partial charge on any atom is -0.503 e. The minimum atomic E-state index is -0.518. The molecular formula is C12H10ClNO4. The molecule has 0 saturated carbocycles. The van der Waals surface area contributed by atoms with Gasteiger partial charge in [-0.05, 0) is 30.7 Å². The molecule has 0 atom stereocenters. The van der Waals surface area contributed by atoms with Crippen LogP contribution in [0.5, 0.6) is 11.5 Å². The van der Waals surface area contributed by atoms with Crippen molar-refractivity contribution in [1.82, 2.24) is 0 Å². The van der Waals surface area contributed by atoms with Crippen LogP contribution in [-0.2, 0) is 9.63 Å². The number of carbonyl (C=O) groups is 1. The van der Waals surface area contributed by atoms with Crippen molar-refractivity contribution in [3.63, 3.8) is 0 Å². The fourth-order valence-electron chi connectivity index (χ4n) is 1.52. The van der Waals surface area contributed by atoms with Gasteiger partial charge < -0.3 is 14.7 Å². The molecule has 6 heteroatoms. The molecule has 0 fully saturated rings. The van der Waals surface area contributed by atoms with E-state index >= 15 is 0 Å². The van der Waals surface area contributed by atoms with Crippen molar-refractivity contribution in [2.75, 3.05) is 7.11 Å². The van der Waals surface area contributed by atoms with Gasteiger partial charge in [-0.15, -0.1) is 0 Å². The molecule has 18 heavy (non-hydrogen) atoms. The van der Waals surface area contributed by atoms with Gasteiger partial charge >= 0.3 is 5.97 Å². The molecule has 1 heterocycles. The third-order valence-corrected chi connectivity index (χ3v) is 2.74. The first kappa shape index (κ1) is 12.4. The number of ether oxygens (including phenoxy) is 1. The molecule has 0 saturated heterocycles. The first-order valence-electron chi connectivity index (χ1n) is 5.07. The van der Waals surface area contributed by atoms with E-state index < -0.39 is 5.97 Å². The number of oxime groups is 1. The van der Waals surface area contributed by atoms with Gasteiger partial charge in [0.2, 0.25) is 0 Å². The number of rotatable bonds is 2. The van der Waals surface area contributed by atoms with Crippen LogP contribution < -0.4 is 4.74 Å². The fraction of sp³-hybridized carbons (Fsp3) is 0.167. The van der Waals surface area contributed by atoms with E-state index in [4.69, 9.17) is 16.3 Å². The molecule has 0 amide bonds. The lowest BCUT2D eigenvalue weighted by atomic mass is 10.1. The summed E-state index contributed by atoms with van der Waals surface area (Å²) >= 11 is 5.85. The van der Waals surface area contributed by atoms with Gasteiger partial charge in [0.1, 0.15) is 0 Å². The van der Waals surface area contributed by atoms with Crippen LogP contribution in [0.2, 0.25) is 5.02 Å². The van der Waals surface area contributed by atoms with Crippen molar-refractivity contribution in [3.8, 4) is 11.5 Å². The maximum absolute atomic E-state index is 11.4. The average Bonchev–Trinajstić information content (AvgIpc) is 2.65. The molecule has 1 N–H and O–H groups in total. The van der Waals surface area contributed by atoms with Gasteiger partial charge in [0.25, 0.3) is 0 Å². The van der Waals surface area contributed by atoms with Crippen LogP contribution in [0.4, 0.5) is 0 Å². The number of methoxy groups -OCH3 is 1. The van der Waals surface area contributed by atoms with Gasteiger partial charge in [0.15, 0.2) is 11.5 Å². The number of halogens is 1. The van der Waals surface area contributed by atoms with Crippen LogP contribution in [0.25, 0.3) is 6.08 Å². The van der Waals surface area contributed by atoms with Gasteiger partial charge in [0.05, 0.1) is 23.4 Å². The van der Waals surface area contributed by atoms with Crippen LogP contribution >= 0.6 is 11.6 Å². The van der Waals surface area contributed by atoms with Crippen molar-refractivity contribution in [2.45, 2.75) is 6.92 Å². The number of hydrogen-bond donors (Lipinski definition) is 1. The van der Waals surface area contributed by atoms with E-state index in [0.717, 1.165) is 0 Å². The van der Waals surface area contributed by atoms with E-state index in [1.165, 1.54) is 13.2 Å². The lowest BCUT2D eigenvalue weighted by Gasteiger charge is -2.06. The third-order valence-electron chi connectivity index (χ3n) is 2.46. The Balaban J connectivity index is 2.47.